The fourth-order valence-electron chi connectivity index (χ4n) is 3.65. The molecule has 0 bridgehead atoms. The number of anilines is 1. The molecule has 1 heterocycles. The van der Waals surface area contributed by atoms with Gasteiger partial charge in [-0.1, -0.05) is 30.9 Å². The SMILES string of the molecule is N#Cc1ccc(N2CCC3CCCCC3C2)c(Cl)c1. The first-order valence-electron chi connectivity index (χ1n) is 7.22. The van der Waals surface area contributed by atoms with E-state index in [4.69, 9.17) is 16.9 Å². The predicted octanol–water partition coefficient (Wildman–Crippen LogP) is 4.23. The maximum atomic E-state index is 8.90. The Morgan fingerprint density at radius 1 is 1.16 bits per heavy atom. The maximum absolute atomic E-state index is 8.90. The summed E-state index contributed by atoms with van der Waals surface area (Å²) in [5.74, 6) is 1.77. The van der Waals surface area contributed by atoms with Crippen molar-refractivity contribution < 1.29 is 0 Å². The van der Waals surface area contributed by atoms with Crippen LogP contribution >= 0.6 is 11.6 Å². The molecule has 1 aliphatic heterocycles. The van der Waals surface area contributed by atoms with Crippen molar-refractivity contribution in [1.29, 1.82) is 5.26 Å². The van der Waals surface area contributed by atoms with E-state index in [1.165, 1.54) is 32.1 Å². The van der Waals surface area contributed by atoms with Crippen molar-refractivity contribution in [1.82, 2.24) is 0 Å². The number of halogens is 1. The van der Waals surface area contributed by atoms with Crippen LogP contribution in [0.1, 0.15) is 37.7 Å². The number of nitriles is 1. The first kappa shape index (κ1) is 12.8. The van der Waals surface area contributed by atoms with E-state index in [2.05, 4.69) is 11.0 Å². The van der Waals surface area contributed by atoms with E-state index in [-0.39, 0.29) is 0 Å². The van der Waals surface area contributed by atoms with Gasteiger partial charge in [-0.3, -0.25) is 0 Å². The number of benzene rings is 1. The highest BCUT2D eigenvalue weighted by molar-refractivity contribution is 6.33. The van der Waals surface area contributed by atoms with Gasteiger partial charge in [0, 0.05) is 13.1 Å². The molecule has 19 heavy (non-hydrogen) atoms. The fraction of sp³-hybridized carbons (Fsp3) is 0.562. The fourth-order valence-corrected chi connectivity index (χ4v) is 3.95. The van der Waals surface area contributed by atoms with Crippen molar-refractivity contribution in [2.24, 2.45) is 11.8 Å². The van der Waals surface area contributed by atoms with Gasteiger partial charge in [0.1, 0.15) is 0 Å². The minimum absolute atomic E-state index is 0.640. The largest absolute Gasteiger partial charge is 0.370 e. The highest BCUT2D eigenvalue weighted by atomic mass is 35.5. The Hall–Kier alpha value is -1.20. The summed E-state index contributed by atoms with van der Waals surface area (Å²) in [5.41, 5.74) is 1.74. The lowest BCUT2D eigenvalue weighted by Gasteiger charge is -2.42. The molecule has 1 aliphatic carbocycles. The Morgan fingerprint density at radius 3 is 2.68 bits per heavy atom. The molecule has 0 spiro atoms. The van der Waals surface area contributed by atoms with Crippen LogP contribution in [0.3, 0.4) is 0 Å². The van der Waals surface area contributed by atoms with E-state index in [1.807, 2.05) is 12.1 Å². The van der Waals surface area contributed by atoms with Crippen LogP contribution in [0, 0.1) is 23.2 Å². The molecule has 3 rings (SSSR count). The van der Waals surface area contributed by atoms with Gasteiger partial charge in [0.15, 0.2) is 0 Å². The van der Waals surface area contributed by atoms with Crippen LogP contribution < -0.4 is 4.90 Å². The highest BCUT2D eigenvalue weighted by Crippen LogP contribution is 2.39. The summed E-state index contributed by atoms with van der Waals surface area (Å²) < 4.78 is 0. The van der Waals surface area contributed by atoms with Crippen molar-refractivity contribution in [3.8, 4) is 6.07 Å². The van der Waals surface area contributed by atoms with Crippen LogP contribution in [0.4, 0.5) is 5.69 Å². The molecule has 0 N–H and O–H groups in total. The Labute approximate surface area is 120 Å². The van der Waals surface area contributed by atoms with Crippen LogP contribution in [0.25, 0.3) is 0 Å². The Kier molecular flexibility index (Phi) is 3.66. The molecule has 1 saturated carbocycles. The summed E-state index contributed by atoms with van der Waals surface area (Å²) in [5, 5.41) is 9.61. The monoisotopic (exact) mass is 274 g/mol. The lowest BCUT2D eigenvalue weighted by molar-refractivity contribution is 0.202. The van der Waals surface area contributed by atoms with Gasteiger partial charge in [-0.15, -0.1) is 0 Å². The Balaban J connectivity index is 1.78. The summed E-state index contributed by atoms with van der Waals surface area (Å²) in [6.45, 7) is 2.24. The molecule has 1 aromatic carbocycles. The summed E-state index contributed by atoms with van der Waals surface area (Å²) in [6, 6.07) is 7.80. The second kappa shape index (κ2) is 5.43. The molecule has 2 atom stereocenters. The van der Waals surface area contributed by atoms with Crippen LogP contribution in [0.2, 0.25) is 5.02 Å². The zero-order valence-corrected chi connectivity index (χ0v) is 11.9. The van der Waals surface area contributed by atoms with E-state index in [0.717, 1.165) is 30.6 Å². The van der Waals surface area contributed by atoms with E-state index in [9.17, 15) is 0 Å². The standard InChI is InChI=1S/C16H19ClN2/c17-15-9-12(10-18)5-6-16(15)19-8-7-13-3-1-2-4-14(13)11-19/h5-6,9,13-14H,1-4,7-8,11H2. The first-order valence-corrected chi connectivity index (χ1v) is 7.60. The van der Waals surface area contributed by atoms with Gasteiger partial charge in [-0.25, -0.2) is 0 Å². The minimum atomic E-state index is 0.640. The minimum Gasteiger partial charge on any atom is -0.370 e. The van der Waals surface area contributed by atoms with Crippen molar-refractivity contribution in [2.75, 3.05) is 18.0 Å². The summed E-state index contributed by atoms with van der Waals surface area (Å²) in [6.07, 6.45) is 6.88. The van der Waals surface area contributed by atoms with Crippen LogP contribution in [0.5, 0.6) is 0 Å². The smallest absolute Gasteiger partial charge is 0.0992 e. The Morgan fingerprint density at radius 2 is 1.95 bits per heavy atom. The summed E-state index contributed by atoms with van der Waals surface area (Å²) in [4.78, 5) is 2.41. The van der Waals surface area contributed by atoms with Gasteiger partial charge >= 0.3 is 0 Å². The lowest BCUT2D eigenvalue weighted by Crippen LogP contribution is -2.41. The molecule has 100 valence electrons. The molecule has 2 nitrogen and oxygen atoms in total. The van der Waals surface area contributed by atoms with Crippen molar-refractivity contribution in [3.05, 3.63) is 28.8 Å². The molecule has 2 unspecified atom stereocenters. The van der Waals surface area contributed by atoms with Gasteiger partial charge in [-0.05, 0) is 42.9 Å². The summed E-state index contributed by atoms with van der Waals surface area (Å²) in [7, 11) is 0. The average Bonchev–Trinajstić information content (AvgIpc) is 2.46. The third-order valence-corrected chi connectivity index (χ3v) is 5.01. The lowest BCUT2D eigenvalue weighted by atomic mass is 9.75. The van der Waals surface area contributed by atoms with Crippen molar-refractivity contribution >= 4 is 17.3 Å². The molecule has 2 aliphatic rings. The Bertz CT molecular complexity index is 506. The molecule has 0 aromatic heterocycles. The number of piperidine rings is 1. The highest BCUT2D eigenvalue weighted by Gasteiger charge is 2.31. The van der Waals surface area contributed by atoms with E-state index >= 15 is 0 Å². The van der Waals surface area contributed by atoms with Crippen molar-refractivity contribution in [2.45, 2.75) is 32.1 Å². The third kappa shape index (κ3) is 2.58. The second-order valence-corrected chi connectivity index (χ2v) is 6.22. The van der Waals surface area contributed by atoms with E-state index in [1.54, 1.807) is 6.07 Å². The van der Waals surface area contributed by atoms with Gasteiger partial charge in [0.05, 0.1) is 22.3 Å². The quantitative estimate of drug-likeness (QED) is 0.766. The molecule has 0 amide bonds. The molecule has 3 heteroatoms. The number of fused-ring (bicyclic) bond motifs is 1. The normalized spacial score (nSPS) is 26.6. The van der Waals surface area contributed by atoms with Gasteiger partial charge in [-0.2, -0.15) is 5.26 Å². The molecule has 0 radical (unpaired) electrons. The third-order valence-electron chi connectivity index (χ3n) is 4.71. The van der Waals surface area contributed by atoms with Crippen molar-refractivity contribution in [3.63, 3.8) is 0 Å². The molecular weight excluding hydrogens is 256 g/mol. The van der Waals surface area contributed by atoms with Crippen LogP contribution in [0.15, 0.2) is 18.2 Å². The second-order valence-electron chi connectivity index (χ2n) is 5.82. The zero-order chi connectivity index (χ0) is 13.2. The zero-order valence-electron chi connectivity index (χ0n) is 11.1. The molecular formula is C16H19ClN2. The van der Waals surface area contributed by atoms with Gasteiger partial charge in [0.25, 0.3) is 0 Å². The first-order chi connectivity index (χ1) is 9.28. The molecule has 1 aromatic rings. The predicted molar refractivity (Wildman–Crippen MR) is 78.4 cm³/mol. The van der Waals surface area contributed by atoms with Crippen LogP contribution in [-0.2, 0) is 0 Å². The van der Waals surface area contributed by atoms with Crippen LogP contribution in [-0.4, -0.2) is 13.1 Å². The number of hydrogen-bond acceptors (Lipinski definition) is 2. The topological polar surface area (TPSA) is 27.0 Å². The maximum Gasteiger partial charge on any atom is 0.0992 e. The number of rotatable bonds is 1. The van der Waals surface area contributed by atoms with E-state index < -0.39 is 0 Å². The van der Waals surface area contributed by atoms with Gasteiger partial charge < -0.3 is 4.90 Å². The van der Waals surface area contributed by atoms with Gasteiger partial charge in [0.2, 0.25) is 0 Å². The summed E-state index contributed by atoms with van der Waals surface area (Å²) >= 11 is 6.32. The van der Waals surface area contributed by atoms with E-state index in [0.29, 0.717) is 10.6 Å². The number of nitrogens with zero attached hydrogens (tertiary/aromatic N) is 2. The average molecular weight is 275 g/mol. The number of hydrogen-bond donors (Lipinski definition) is 0. The molecule has 2 fully saturated rings. The molecule has 1 saturated heterocycles.